The zero-order valence-electron chi connectivity index (χ0n) is 12.1. The van der Waals surface area contributed by atoms with Crippen LogP contribution in [0.25, 0.3) is 5.69 Å². The van der Waals surface area contributed by atoms with E-state index in [0.717, 1.165) is 11.3 Å². The van der Waals surface area contributed by atoms with Crippen molar-refractivity contribution in [2.24, 2.45) is 0 Å². The zero-order chi connectivity index (χ0) is 15.7. The Morgan fingerprint density at radius 3 is 2.91 bits per heavy atom. The van der Waals surface area contributed by atoms with Gasteiger partial charge < -0.3 is 10.0 Å². The first-order chi connectivity index (χ1) is 10.6. The van der Waals surface area contributed by atoms with Crippen molar-refractivity contribution >= 4 is 11.9 Å². The molecule has 1 amide bonds. The van der Waals surface area contributed by atoms with Crippen LogP contribution >= 0.6 is 0 Å². The van der Waals surface area contributed by atoms with Crippen LogP contribution in [0.3, 0.4) is 0 Å². The third kappa shape index (κ3) is 2.57. The summed E-state index contributed by atoms with van der Waals surface area (Å²) in [5.74, 6) is -1.36. The highest BCUT2D eigenvalue weighted by Gasteiger charge is 2.35. The SMILES string of the molecule is Cc1cccc(-n2cc(C(=O)N3CCC[C@H]3C(=O)O)nn2)c1. The summed E-state index contributed by atoms with van der Waals surface area (Å²) in [6, 6.07) is 6.89. The maximum absolute atomic E-state index is 12.4. The minimum Gasteiger partial charge on any atom is -0.480 e. The average molecular weight is 300 g/mol. The molecule has 1 fully saturated rings. The molecule has 2 heterocycles. The number of amides is 1. The minimum atomic E-state index is -0.975. The van der Waals surface area contributed by atoms with Gasteiger partial charge in [0.2, 0.25) is 0 Å². The Morgan fingerprint density at radius 1 is 1.36 bits per heavy atom. The van der Waals surface area contributed by atoms with Crippen molar-refractivity contribution in [1.82, 2.24) is 19.9 Å². The van der Waals surface area contributed by atoms with Crippen molar-refractivity contribution in [3.63, 3.8) is 0 Å². The van der Waals surface area contributed by atoms with Crippen LogP contribution in [0.5, 0.6) is 0 Å². The Morgan fingerprint density at radius 2 is 2.18 bits per heavy atom. The second-order valence-corrected chi connectivity index (χ2v) is 5.38. The van der Waals surface area contributed by atoms with Gasteiger partial charge in [-0.25, -0.2) is 9.48 Å². The molecule has 1 aromatic heterocycles. The molecule has 0 aliphatic carbocycles. The number of likely N-dealkylation sites (tertiary alicyclic amines) is 1. The number of rotatable bonds is 3. The van der Waals surface area contributed by atoms with Crippen molar-refractivity contribution in [3.05, 3.63) is 41.7 Å². The Hall–Kier alpha value is -2.70. The lowest BCUT2D eigenvalue weighted by molar-refractivity contribution is -0.141. The standard InChI is InChI=1S/C15H16N4O3/c1-10-4-2-5-11(8-10)19-9-12(16-17-19)14(20)18-7-3-6-13(18)15(21)22/h2,4-5,8-9,13H,3,6-7H2,1H3,(H,21,22)/t13-/m0/s1. The lowest BCUT2D eigenvalue weighted by Gasteiger charge is -2.19. The number of carbonyl (C=O) groups is 2. The van der Waals surface area contributed by atoms with Crippen molar-refractivity contribution < 1.29 is 14.7 Å². The molecule has 7 heteroatoms. The lowest BCUT2D eigenvalue weighted by Crippen LogP contribution is -2.40. The van der Waals surface area contributed by atoms with Gasteiger partial charge in [-0.15, -0.1) is 5.10 Å². The highest BCUT2D eigenvalue weighted by molar-refractivity contribution is 5.95. The molecule has 3 rings (SSSR count). The largest absolute Gasteiger partial charge is 0.480 e. The first-order valence-electron chi connectivity index (χ1n) is 7.09. The van der Waals surface area contributed by atoms with Gasteiger partial charge in [0.1, 0.15) is 6.04 Å². The minimum absolute atomic E-state index is 0.162. The van der Waals surface area contributed by atoms with E-state index in [1.54, 1.807) is 0 Å². The number of aliphatic carboxylic acids is 1. The fourth-order valence-corrected chi connectivity index (χ4v) is 2.67. The summed E-state index contributed by atoms with van der Waals surface area (Å²) >= 11 is 0. The molecule has 1 aromatic carbocycles. The fourth-order valence-electron chi connectivity index (χ4n) is 2.67. The van der Waals surface area contributed by atoms with E-state index in [0.29, 0.717) is 19.4 Å². The zero-order valence-corrected chi connectivity index (χ0v) is 12.1. The van der Waals surface area contributed by atoms with Crippen LogP contribution < -0.4 is 0 Å². The van der Waals surface area contributed by atoms with Gasteiger partial charge in [-0.2, -0.15) is 0 Å². The van der Waals surface area contributed by atoms with Gasteiger partial charge in [-0.1, -0.05) is 17.3 Å². The summed E-state index contributed by atoms with van der Waals surface area (Å²) in [6.07, 6.45) is 2.70. The summed E-state index contributed by atoms with van der Waals surface area (Å²) in [4.78, 5) is 25.0. The number of hydrogen-bond acceptors (Lipinski definition) is 4. The van der Waals surface area contributed by atoms with Crippen molar-refractivity contribution in [2.75, 3.05) is 6.54 Å². The molecule has 1 N–H and O–H groups in total. The maximum Gasteiger partial charge on any atom is 0.326 e. The summed E-state index contributed by atoms with van der Waals surface area (Å²) in [5, 5.41) is 17.0. The quantitative estimate of drug-likeness (QED) is 0.922. The predicted molar refractivity (Wildman–Crippen MR) is 77.8 cm³/mol. The predicted octanol–water partition coefficient (Wildman–Crippen LogP) is 1.26. The number of benzene rings is 1. The molecule has 7 nitrogen and oxygen atoms in total. The Bertz CT molecular complexity index is 725. The lowest BCUT2D eigenvalue weighted by atomic mass is 10.2. The van der Waals surface area contributed by atoms with Gasteiger partial charge in [0.25, 0.3) is 5.91 Å². The van der Waals surface area contributed by atoms with E-state index in [9.17, 15) is 9.59 Å². The Labute approximate surface area is 127 Å². The van der Waals surface area contributed by atoms with Gasteiger partial charge >= 0.3 is 5.97 Å². The summed E-state index contributed by atoms with van der Waals surface area (Å²) in [7, 11) is 0. The van der Waals surface area contributed by atoms with E-state index in [1.807, 2.05) is 31.2 Å². The number of carboxylic acid groups (broad SMARTS) is 1. The van der Waals surface area contributed by atoms with Crippen molar-refractivity contribution in [2.45, 2.75) is 25.8 Å². The molecule has 2 aromatic rings. The Balaban J connectivity index is 1.84. The molecule has 1 atom stereocenters. The third-order valence-electron chi connectivity index (χ3n) is 3.78. The molecular weight excluding hydrogens is 284 g/mol. The highest BCUT2D eigenvalue weighted by Crippen LogP contribution is 2.20. The topological polar surface area (TPSA) is 88.3 Å². The molecule has 22 heavy (non-hydrogen) atoms. The van der Waals surface area contributed by atoms with Crippen LogP contribution in [-0.2, 0) is 4.79 Å². The highest BCUT2D eigenvalue weighted by atomic mass is 16.4. The molecule has 1 aliphatic rings. The van der Waals surface area contributed by atoms with E-state index in [1.165, 1.54) is 15.8 Å². The van der Waals surface area contributed by atoms with Crippen molar-refractivity contribution in [1.29, 1.82) is 0 Å². The van der Waals surface area contributed by atoms with Gasteiger partial charge in [0.05, 0.1) is 11.9 Å². The monoisotopic (exact) mass is 300 g/mol. The van der Waals surface area contributed by atoms with Crippen LogP contribution in [-0.4, -0.2) is 49.5 Å². The molecule has 1 aliphatic heterocycles. The molecule has 0 radical (unpaired) electrons. The molecule has 0 bridgehead atoms. The first-order valence-corrected chi connectivity index (χ1v) is 7.09. The number of carboxylic acids is 1. The molecule has 0 spiro atoms. The second-order valence-electron chi connectivity index (χ2n) is 5.38. The van der Waals surface area contributed by atoms with Gasteiger partial charge in [0.15, 0.2) is 5.69 Å². The van der Waals surface area contributed by atoms with Gasteiger partial charge in [0, 0.05) is 6.54 Å². The van der Waals surface area contributed by atoms with E-state index in [2.05, 4.69) is 10.3 Å². The van der Waals surface area contributed by atoms with E-state index < -0.39 is 12.0 Å². The molecule has 0 saturated carbocycles. The Kier molecular flexibility index (Phi) is 3.62. The second kappa shape index (κ2) is 5.59. The van der Waals surface area contributed by atoms with Crippen LogP contribution in [0.15, 0.2) is 30.5 Å². The molecular formula is C15H16N4O3. The number of aryl methyl sites for hydroxylation is 1. The normalized spacial score (nSPS) is 17.7. The molecule has 0 unspecified atom stereocenters. The van der Waals surface area contributed by atoms with Gasteiger partial charge in [-0.3, -0.25) is 4.79 Å². The number of aromatic nitrogens is 3. The molecule has 1 saturated heterocycles. The third-order valence-corrected chi connectivity index (χ3v) is 3.78. The number of hydrogen-bond donors (Lipinski definition) is 1. The summed E-state index contributed by atoms with van der Waals surface area (Å²) < 4.78 is 1.52. The van der Waals surface area contributed by atoms with Crippen LogP contribution in [0.2, 0.25) is 0 Å². The maximum atomic E-state index is 12.4. The van der Waals surface area contributed by atoms with E-state index >= 15 is 0 Å². The van der Waals surface area contributed by atoms with Crippen molar-refractivity contribution in [3.8, 4) is 5.69 Å². The summed E-state index contributed by atoms with van der Waals surface area (Å²) in [5.41, 5.74) is 2.05. The van der Waals surface area contributed by atoms with Gasteiger partial charge in [-0.05, 0) is 37.5 Å². The van der Waals surface area contributed by atoms with Crippen LogP contribution in [0.1, 0.15) is 28.9 Å². The number of nitrogens with zero attached hydrogens (tertiary/aromatic N) is 4. The van der Waals surface area contributed by atoms with E-state index in [-0.39, 0.29) is 11.6 Å². The average Bonchev–Trinajstić information content (AvgIpc) is 3.16. The first kappa shape index (κ1) is 14.2. The van der Waals surface area contributed by atoms with Crippen LogP contribution in [0, 0.1) is 6.92 Å². The molecule has 114 valence electrons. The fraction of sp³-hybridized carbons (Fsp3) is 0.333. The van der Waals surface area contributed by atoms with Crippen LogP contribution in [0.4, 0.5) is 0 Å². The number of carbonyl (C=O) groups excluding carboxylic acids is 1. The van der Waals surface area contributed by atoms with E-state index in [4.69, 9.17) is 5.11 Å². The smallest absolute Gasteiger partial charge is 0.326 e. The summed E-state index contributed by atoms with van der Waals surface area (Å²) in [6.45, 7) is 2.40.